The lowest BCUT2D eigenvalue weighted by Gasteiger charge is -2.17. The van der Waals surface area contributed by atoms with Crippen LogP contribution in [0.3, 0.4) is 0 Å². The molecule has 0 saturated carbocycles. The molecule has 0 radical (unpaired) electrons. The molecule has 0 bridgehead atoms. The molecule has 3 heteroatoms. The number of pyridine rings is 1. The van der Waals surface area contributed by atoms with Crippen LogP contribution in [0, 0.1) is 13.8 Å². The summed E-state index contributed by atoms with van der Waals surface area (Å²) >= 11 is 1.75. The van der Waals surface area contributed by atoms with Crippen LogP contribution in [-0.4, -0.2) is 12.0 Å². The van der Waals surface area contributed by atoms with Crippen LogP contribution in [0.4, 0.5) is 0 Å². The lowest BCUT2D eigenvalue weighted by atomic mass is 10.0. The minimum Gasteiger partial charge on any atom is -0.311 e. The Labute approximate surface area is 107 Å². The van der Waals surface area contributed by atoms with E-state index < -0.39 is 0 Å². The van der Waals surface area contributed by atoms with E-state index in [1.807, 2.05) is 13.2 Å². The van der Waals surface area contributed by atoms with Gasteiger partial charge in [-0.25, -0.2) is 0 Å². The van der Waals surface area contributed by atoms with E-state index in [0.717, 1.165) is 12.1 Å². The fourth-order valence-corrected chi connectivity index (χ4v) is 2.75. The molecule has 0 aliphatic rings. The molecule has 0 aliphatic heterocycles. The number of likely N-dealkylation sites (N-methyl/N-ethyl adjacent to an activating group) is 1. The Bertz CT molecular complexity index is 477. The number of aryl methyl sites for hydroxylation is 2. The zero-order valence-corrected chi connectivity index (χ0v) is 11.3. The summed E-state index contributed by atoms with van der Waals surface area (Å²) in [5, 5.41) is 7.68. The molecule has 2 nitrogen and oxygen atoms in total. The van der Waals surface area contributed by atoms with E-state index in [1.54, 1.807) is 11.3 Å². The summed E-state index contributed by atoms with van der Waals surface area (Å²) in [6, 6.07) is 4.67. The topological polar surface area (TPSA) is 24.9 Å². The van der Waals surface area contributed by atoms with Gasteiger partial charge < -0.3 is 5.32 Å². The van der Waals surface area contributed by atoms with Crippen molar-refractivity contribution in [3.63, 3.8) is 0 Å². The molecule has 0 aliphatic carbocycles. The third-order valence-electron chi connectivity index (χ3n) is 2.95. The predicted octanol–water partition coefficient (Wildman–Crippen LogP) is 3.26. The van der Waals surface area contributed by atoms with Crippen molar-refractivity contribution in [1.29, 1.82) is 0 Å². The maximum atomic E-state index is 4.57. The molecule has 0 aromatic carbocycles. The summed E-state index contributed by atoms with van der Waals surface area (Å²) in [7, 11) is 2.00. The van der Waals surface area contributed by atoms with Gasteiger partial charge in [0, 0.05) is 6.20 Å². The Hall–Kier alpha value is -1.19. The van der Waals surface area contributed by atoms with E-state index >= 15 is 0 Å². The lowest BCUT2D eigenvalue weighted by Crippen LogP contribution is -2.21. The average Bonchev–Trinajstić information content (AvgIpc) is 2.79. The summed E-state index contributed by atoms with van der Waals surface area (Å²) in [6.45, 7) is 4.21. The van der Waals surface area contributed by atoms with Crippen LogP contribution in [-0.2, 0) is 6.42 Å². The largest absolute Gasteiger partial charge is 0.311 e. The van der Waals surface area contributed by atoms with Crippen LogP contribution in [0.1, 0.15) is 28.4 Å². The molecule has 17 heavy (non-hydrogen) atoms. The van der Waals surface area contributed by atoms with E-state index in [0.29, 0.717) is 6.04 Å². The summed E-state index contributed by atoms with van der Waals surface area (Å²) < 4.78 is 0. The van der Waals surface area contributed by atoms with Gasteiger partial charge in [-0.2, -0.15) is 11.3 Å². The maximum Gasteiger partial charge on any atom is 0.0605 e. The van der Waals surface area contributed by atoms with Crippen LogP contribution in [0.15, 0.2) is 29.1 Å². The quantitative estimate of drug-likeness (QED) is 0.895. The van der Waals surface area contributed by atoms with Gasteiger partial charge in [0.2, 0.25) is 0 Å². The second kappa shape index (κ2) is 5.43. The first-order valence-corrected chi connectivity index (χ1v) is 6.76. The number of hydrogen-bond acceptors (Lipinski definition) is 3. The van der Waals surface area contributed by atoms with Crippen molar-refractivity contribution in [2.24, 2.45) is 0 Å². The average molecular weight is 246 g/mol. The SMILES string of the molecule is CNC(Cc1ccsc1)c1ncc(C)cc1C. The normalized spacial score (nSPS) is 12.6. The minimum absolute atomic E-state index is 0.296. The number of rotatable bonds is 4. The summed E-state index contributed by atoms with van der Waals surface area (Å²) in [5.41, 5.74) is 5.01. The van der Waals surface area contributed by atoms with Gasteiger partial charge in [0.1, 0.15) is 0 Å². The van der Waals surface area contributed by atoms with Gasteiger partial charge in [0.15, 0.2) is 0 Å². The Morgan fingerprint density at radius 1 is 1.41 bits per heavy atom. The second-order valence-corrected chi connectivity index (χ2v) is 5.17. The number of aromatic nitrogens is 1. The molecule has 2 aromatic heterocycles. The summed E-state index contributed by atoms with van der Waals surface area (Å²) in [5.74, 6) is 0. The molecular weight excluding hydrogens is 228 g/mol. The summed E-state index contributed by atoms with van der Waals surface area (Å²) in [6.07, 6.45) is 2.94. The highest BCUT2D eigenvalue weighted by Gasteiger charge is 2.14. The fraction of sp³-hybridized carbons (Fsp3) is 0.357. The minimum atomic E-state index is 0.296. The van der Waals surface area contributed by atoms with Crippen LogP contribution in [0.5, 0.6) is 0 Å². The standard InChI is InChI=1S/C14H18N2S/c1-10-6-11(2)14(16-8-10)13(15-3)7-12-4-5-17-9-12/h4-6,8-9,13,15H,7H2,1-3H3. The van der Waals surface area contributed by atoms with Crippen molar-refractivity contribution in [3.8, 4) is 0 Å². The van der Waals surface area contributed by atoms with Crippen LogP contribution in [0.2, 0.25) is 0 Å². The third-order valence-corrected chi connectivity index (χ3v) is 3.69. The smallest absolute Gasteiger partial charge is 0.0605 e. The Morgan fingerprint density at radius 2 is 2.24 bits per heavy atom. The van der Waals surface area contributed by atoms with Crippen molar-refractivity contribution in [3.05, 3.63) is 51.5 Å². The Morgan fingerprint density at radius 3 is 2.82 bits per heavy atom. The van der Waals surface area contributed by atoms with Gasteiger partial charge in [-0.1, -0.05) is 6.07 Å². The van der Waals surface area contributed by atoms with Crippen LogP contribution in [0.25, 0.3) is 0 Å². The van der Waals surface area contributed by atoms with Crippen LogP contribution >= 0.6 is 11.3 Å². The molecule has 0 amide bonds. The first kappa shape index (κ1) is 12.3. The molecule has 1 unspecified atom stereocenters. The second-order valence-electron chi connectivity index (χ2n) is 4.39. The van der Waals surface area contributed by atoms with Crippen molar-refractivity contribution >= 4 is 11.3 Å². The van der Waals surface area contributed by atoms with E-state index in [9.17, 15) is 0 Å². The molecule has 2 rings (SSSR count). The molecule has 1 N–H and O–H groups in total. The highest BCUT2D eigenvalue weighted by molar-refractivity contribution is 7.07. The van der Waals surface area contributed by atoms with Crippen molar-refractivity contribution in [2.75, 3.05) is 7.05 Å². The number of thiophene rings is 1. The first-order valence-electron chi connectivity index (χ1n) is 5.82. The molecule has 2 heterocycles. The zero-order chi connectivity index (χ0) is 12.3. The van der Waals surface area contributed by atoms with E-state index in [-0.39, 0.29) is 0 Å². The summed E-state index contributed by atoms with van der Waals surface area (Å²) in [4.78, 5) is 4.57. The monoisotopic (exact) mass is 246 g/mol. The highest BCUT2D eigenvalue weighted by atomic mass is 32.1. The van der Waals surface area contributed by atoms with E-state index in [2.05, 4.69) is 47.0 Å². The van der Waals surface area contributed by atoms with Gasteiger partial charge in [-0.3, -0.25) is 4.98 Å². The molecule has 0 fully saturated rings. The lowest BCUT2D eigenvalue weighted by molar-refractivity contribution is 0.573. The van der Waals surface area contributed by atoms with Crippen LogP contribution < -0.4 is 5.32 Å². The van der Waals surface area contributed by atoms with Gasteiger partial charge in [-0.15, -0.1) is 0 Å². The van der Waals surface area contributed by atoms with Gasteiger partial charge >= 0.3 is 0 Å². The molecular formula is C14H18N2S. The Kier molecular flexibility index (Phi) is 3.92. The molecule has 0 saturated heterocycles. The van der Waals surface area contributed by atoms with E-state index in [4.69, 9.17) is 0 Å². The van der Waals surface area contributed by atoms with Crippen molar-refractivity contribution in [1.82, 2.24) is 10.3 Å². The van der Waals surface area contributed by atoms with Gasteiger partial charge in [0.05, 0.1) is 11.7 Å². The first-order chi connectivity index (χ1) is 8.20. The van der Waals surface area contributed by atoms with Gasteiger partial charge in [0.25, 0.3) is 0 Å². The van der Waals surface area contributed by atoms with Crippen molar-refractivity contribution < 1.29 is 0 Å². The predicted molar refractivity (Wildman–Crippen MR) is 73.5 cm³/mol. The number of nitrogens with zero attached hydrogens (tertiary/aromatic N) is 1. The highest BCUT2D eigenvalue weighted by Crippen LogP contribution is 2.21. The molecule has 1 atom stereocenters. The van der Waals surface area contributed by atoms with Gasteiger partial charge in [-0.05, 0) is 60.8 Å². The van der Waals surface area contributed by atoms with E-state index in [1.165, 1.54) is 16.7 Å². The Balaban J connectivity index is 2.23. The number of hydrogen-bond donors (Lipinski definition) is 1. The maximum absolute atomic E-state index is 4.57. The fourth-order valence-electron chi connectivity index (χ4n) is 2.07. The van der Waals surface area contributed by atoms with Crippen molar-refractivity contribution in [2.45, 2.75) is 26.3 Å². The molecule has 2 aromatic rings. The number of nitrogens with one attached hydrogen (secondary N) is 1. The third kappa shape index (κ3) is 2.93. The molecule has 90 valence electrons. The molecule has 0 spiro atoms. The zero-order valence-electron chi connectivity index (χ0n) is 10.5.